The predicted octanol–water partition coefficient (Wildman–Crippen LogP) is 4.18. The van der Waals surface area contributed by atoms with Crippen LogP contribution in [0.2, 0.25) is 5.02 Å². The topological polar surface area (TPSA) is 32.3 Å². The lowest BCUT2D eigenvalue weighted by Crippen LogP contribution is -2.30. The van der Waals surface area contributed by atoms with Crippen LogP contribution in [0.15, 0.2) is 24.3 Å². The van der Waals surface area contributed by atoms with Crippen LogP contribution >= 0.6 is 11.6 Å². The molecule has 0 saturated carbocycles. The second kappa shape index (κ2) is 8.57. The molecule has 0 bridgehead atoms. The highest BCUT2D eigenvalue weighted by molar-refractivity contribution is 6.30. The van der Waals surface area contributed by atoms with Crippen LogP contribution in [0.4, 0.5) is 0 Å². The monoisotopic (exact) mass is 283 g/mol. The van der Waals surface area contributed by atoms with Crippen molar-refractivity contribution < 1.29 is 5.11 Å². The van der Waals surface area contributed by atoms with Crippen LogP contribution in [0.25, 0.3) is 0 Å². The van der Waals surface area contributed by atoms with Crippen molar-refractivity contribution in [2.45, 2.75) is 52.2 Å². The van der Waals surface area contributed by atoms with Crippen molar-refractivity contribution in [3.8, 4) is 0 Å². The summed E-state index contributed by atoms with van der Waals surface area (Å²) in [5.41, 5.74) is 0.909. The Hall–Kier alpha value is -0.570. The molecule has 1 rings (SSSR count). The fraction of sp³-hybridized carbons (Fsp3) is 0.625. The molecule has 2 nitrogen and oxygen atoms in total. The Bertz CT molecular complexity index is 350. The minimum absolute atomic E-state index is 0.445. The van der Waals surface area contributed by atoms with Gasteiger partial charge in [0.25, 0.3) is 0 Å². The number of aliphatic hydroxyl groups is 1. The number of aliphatic hydroxyl groups excluding tert-OH is 1. The summed E-state index contributed by atoms with van der Waals surface area (Å²) in [4.78, 5) is 0. The SMILES string of the molecule is CC(C)CCCC(C)NCC(O)c1ccc(Cl)cc1. The minimum Gasteiger partial charge on any atom is -0.387 e. The molecule has 19 heavy (non-hydrogen) atoms. The molecule has 0 amide bonds. The fourth-order valence-corrected chi connectivity index (χ4v) is 2.18. The Balaban J connectivity index is 2.25. The first-order valence-corrected chi connectivity index (χ1v) is 7.53. The zero-order valence-electron chi connectivity index (χ0n) is 12.2. The van der Waals surface area contributed by atoms with Crippen molar-refractivity contribution in [3.05, 3.63) is 34.9 Å². The first kappa shape index (κ1) is 16.5. The van der Waals surface area contributed by atoms with Crippen LogP contribution in [0, 0.1) is 5.92 Å². The molecule has 108 valence electrons. The molecule has 0 saturated heterocycles. The Kier molecular flexibility index (Phi) is 7.44. The van der Waals surface area contributed by atoms with E-state index in [1.54, 1.807) is 0 Å². The lowest BCUT2D eigenvalue weighted by molar-refractivity contribution is 0.169. The summed E-state index contributed by atoms with van der Waals surface area (Å²) in [6.07, 6.45) is 3.20. The first-order chi connectivity index (χ1) is 8.99. The third-order valence-corrected chi connectivity index (χ3v) is 3.59. The maximum Gasteiger partial charge on any atom is 0.0914 e. The number of halogens is 1. The van der Waals surface area contributed by atoms with Gasteiger partial charge in [-0.1, -0.05) is 50.4 Å². The number of hydrogen-bond donors (Lipinski definition) is 2. The summed E-state index contributed by atoms with van der Waals surface area (Å²) in [6.45, 7) is 7.27. The van der Waals surface area contributed by atoms with E-state index in [-0.39, 0.29) is 0 Å². The molecule has 3 heteroatoms. The minimum atomic E-state index is -0.468. The molecule has 0 spiro atoms. The van der Waals surface area contributed by atoms with Crippen LogP contribution in [-0.2, 0) is 0 Å². The molecule has 0 fully saturated rings. The van der Waals surface area contributed by atoms with Gasteiger partial charge >= 0.3 is 0 Å². The molecule has 1 aromatic carbocycles. The quantitative estimate of drug-likeness (QED) is 0.750. The molecule has 2 unspecified atom stereocenters. The molecule has 0 aromatic heterocycles. The highest BCUT2D eigenvalue weighted by atomic mass is 35.5. The smallest absolute Gasteiger partial charge is 0.0914 e. The van der Waals surface area contributed by atoms with Crippen molar-refractivity contribution in [1.82, 2.24) is 5.32 Å². The lowest BCUT2D eigenvalue weighted by atomic mass is 10.0. The zero-order chi connectivity index (χ0) is 14.3. The standard InChI is InChI=1S/C16H26ClNO/c1-12(2)5-4-6-13(3)18-11-16(19)14-7-9-15(17)10-8-14/h7-10,12-13,16,18-19H,4-6,11H2,1-3H3. The summed E-state index contributed by atoms with van der Waals surface area (Å²) in [6, 6.07) is 7.81. The van der Waals surface area contributed by atoms with E-state index >= 15 is 0 Å². The summed E-state index contributed by atoms with van der Waals surface area (Å²) in [7, 11) is 0. The van der Waals surface area contributed by atoms with E-state index in [1.165, 1.54) is 12.8 Å². The summed E-state index contributed by atoms with van der Waals surface area (Å²) in [5.74, 6) is 0.770. The van der Waals surface area contributed by atoms with Gasteiger partial charge in [0.2, 0.25) is 0 Å². The van der Waals surface area contributed by atoms with Crippen molar-refractivity contribution in [1.29, 1.82) is 0 Å². The van der Waals surface area contributed by atoms with Gasteiger partial charge in [-0.2, -0.15) is 0 Å². The van der Waals surface area contributed by atoms with E-state index in [4.69, 9.17) is 11.6 Å². The molecular weight excluding hydrogens is 258 g/mol. The van der Waals surface area contributed by atoms with Crippen LogP contribution in [-0.4, -0.2) is 17.7 Å². The average Bonchev–Trinajstić information content (AvgIpc) is 2.36. The largest absolute Gasteiger partial charge is 0.387 e. The van der Waals surface area contributed by atoms with Gasteiger partial charge in [-0.05, 0) is 37.0 Å². The highest BCUT2D eigenvalue weighted by Crippen LogP contribution is 2.16. The fourth-order valence-electron chi connectivity index (χ4n) is 2.05. The van der Waals surface area contributed by atoms with Crippen molar-refractivity contribution in [2.24, 2.45) is 5.92 Å². The van der Waals surface area contributed by atoms with E-state index in [0.717, 1.165) is 17.9 Å². The molecule has 0 heterocycles. The average molecular weight is 284 g/mol. The van der Waals surface area contributed by atoms with E-state index < -0.39 is 6.10 Å². The van der Waals surface area contributed by atoms with Gasteiger partial charge in [0.05, 0.1) is 6.10 Å². The molecular formula is C16H26ClNO. The van der Waals surface area contributed by atoms with E-state index in [2.05, 4.69) is 26.1 Å². The molecule has 0 radical (unpaired) electrons. The Morgan fingerprint density at radius 1 is 1.11 bits per heavy atom. The summed E-state index contributed by atoms with van der Waals surface area (Å²) in [5, 5.41) is 14.2. The van der Waals surface area contributed by atoms with E-state index in [0.29, 0.717) is 17.6 Å². The second-order valence-corrected chi connectivity index (χ2v) is 6.14. The normalized spacial score (nSPS) is 14.6. The van der Waals surface area contributed by atoms with Gasteiger partial charge in [-0.25, -0.2) is 0 Å². The zero-order valence-corrected chi connectivity index (χ0v) is 13.0. The molecule has 0 aliphatic carbocycles. The summed E-state index contributed by atoms with van der Waals surface area (Å²) < 4.78 is 0. The Labute approximate surface area is 122 Å². The lowest BCUT2D eigenvalue weighted by Gasteiger charge is -2.18. The number of benzene rings is 1. The molecule has 1 aromatic rings. The van der Waals surface area contributed by atoms with Crippen LogP contribution in [0.5, 0.6) is 0 Å². The molecule has 0 aliphatic rings. The maximum atomic E-state index is 10.1. The third kappa shape index (κ3) is 6.95. The van der Waals surface area contributed by atoms with Gasteiger partial charge in [-0.3, -0.25) is 0 Å². The van der Waals surface area contributed by atoms with Gasteiger partial charge < -0.3 is 10.4 Å². The van der Waals surface area contributed by atoms with Crippen molar-refractivity contribution in [3.63, 3.8) is 0 Å². The van der Waals surface area contributed by atoms with E-state index in [9.17, 15) is 5.11 Å². The summed E-state index contributed by atoms with van der Waals surface area (Å²) >= 11 is 5.83. The van der Waals surface area contributed by atoms with Gasteiger partial charge in [0, 0.05) is 17.6 Å². The molecule has 2 N–H and O–H groups in total. The number of rotatable bonds is 8. The predicted molar refractivity (Wildman–Crippen MR) is 82.6 cm³/mol. The third-order valence-electron chi connectivity index (χ3n) is 3.33. The number of hydrogen-bond acceptors (Lipinski definition) is 2. The van der Waals surface area contributed by atoms with Gasteiger partial charge in [-0.15, -0.1) is 0 Å². The number of nitrogens with one attached hydrogen (secondary N) is 1. The van der Waals surface area contributed by atoms with Crippen LogP contribution in [0.3, 0.4) is 0 Å². The van der Waals surface area contributed by atoms with E-state index in [1.807, 2.05) is 24.3 Å². The Morgan fingerprint density at radius 3 is 2.32 bits per heavy atom. The first-order valence-electron chi connectivity index (χ1n) is 7.16. The van der Waals surface area contributed by atoms with Crippen LogP contribution < -0.4 is 5.32 Å². The maximum absolute atomic E-state index is 10.1. The van der Waals surface area contributed by atoms with Crippen molar-refractivity contribution >= 4 is 11.6 Å². The Morgan fingerprint density at radius 2 is 1.74 bits per heavy atom. The van der Waals surface area contributed by atoms with Gasteiger partial charge in [0.1, 0.15) is 0 Å². The molecule has 0 aliphatic heterocycles. The molecule has 2 atom stereocenters. The highest BCUT2D eigenvalue weighted by Gasteiger charge is 2.09. The van der Waals surface area contributed by atoms with Crippen molar-refractivity contribution in [2.75, 3.05) is 6.54 Å². The second-order valence-electron chi connectivity index (χ2n) is 5.70. The van der Waals surface area contributed by atoms with Crippen LogP contribution in [0.1, 0.15) is 51.7 Å². The van der Waals surface area contributed by atoms with Gasteiger partial charge in [0.15, 0.2) is 0 Å².